The Bertz CT molecular complexity index is 338. The molecule has 14 heavy (non-hydrogen) atoms. The number of rotatable bonds is 2. The molecule has 0 saturated heterocycles. The van der Waals surface area contributed by atoms with Gasteiger partial charge in [-0.3, -0.25) is 4.99 Å². The fourth-order valence-electron chi connectivity index (χ4n) is 1.00. The van der Waals surface area contributed by atoms with Crippen molar-refractivity contribution in [3.05, 3.63) is 15.8 Å². The van der Waals surface area contributed by atoms with E-state index in [9.17, 15) is 13.2 Å². The minimum absolute atomic E-state index is 0.0637. The number of thiophene rings is 1. The summed E-state index contributed by atoms with van der Waals surface area (Å²) in [4.78, 5) is 3.40. The van der Waals surface area contributed by atoms with Crippen molar-refractivity contribution >= 4 is 23.7 Å². The molecule has 0 saturated carbocycles. The minimum atomic E-state index is -4.33. The monoisotopic (exact) mass is 221 g/mol. The molecule has 78 valence electrons. The van der Waals surface area contributed by atoms with Gasteiger partial charge in [-0.25, -0.2) is 0 Å². The molecule has 0 aliphatic rings. The molecule has 0 spiro atoms. The first-order valence-corrected chi connectivity index (χ1v) is 4.85. The van der Waals surface area contributed by atoms with Gasteiger partial charge in [0.25, 0.3) is 0 Å². The van der Waals surface area contributed by atoms with E-state index >= 15 is 0 Å². The third-order valence-corrected chi connectivity index (χ3v) is 3.20. The van der Waals surface area contributed by atoms with E-state index < -0.39 is 11.1 Å². The maximum Gasteiger partial charge on any atom is 0.427 e. The highest BCUT2D eigenvalue weighted by Gasteiger charge is 2.36. The first kappa shape index (κ1) is 11.2. The molecule has 0 aliphatic heterocycles. The molecular formula is C9H10F3NS. The molecule has 0 atom stereocenters. The number of alkyl halides is 3. The molecule has 0 amide bonds. The molecule has 0 radical (unpaired) electrons. The largest absolute Gasteiger partial charge is 0.427 e. The fraction of sp³-hybridized carbons (Fsp3) is 0.444. The van der Waals surface area contributed by atoms with Gasteiger partial charge >= 0.3 is 6.18 Å². The Labute approximate surface area is 84.3 Å². The number of halogens is 3. The Kier molecular flexibility index (Phi) is 2.99. The zero-order chi connectivity index (χ0) is 10.9. The highest BCUT2D eigenvalue weighted by molar-refractivity contribution is 7.12. The van der Waals surface area contributed by atoms with Crippen molar-refractivity contribution < 1.29 is 13.2 Å². The molecule has 1 aromatic heterocycles. The quantitative estimate of drug-likeness (QED) is 0.663. The molecule has 0 fully saturated rings. The number of hydrogen-bond donors (Lipinski definition) is 0. The van der Waals surface area contributed by atoms with E-state index in [1.165, 1.54) is 6.07 Å². The summed E-state index contributed by atoms with van der Waals surface area (Å²) < 4.78 is 37.3. The number of hydrogen-bond acceptors (Lipinski definition) is 2. The lowest BCUT2D eigenvalue weighted by Gasteiger charge is -2.03. The van der Waals surface area contributed by atoms with Crippen LogP contribution in [0.3, 0.4) is 0 Å². The van der Waals surface area contributed by atoms with E-state index in [0.717, 1.165) is 11.3 Å². The van der Waals surface area contributed by atoms with Gasteiger partial charge in [-0.2, -0.15) is 13.2 Å². The van der Waals surface area contributed by atoms with E-state index in [4.69, 9.17) is 0 Å². The first-order chi connectivity index (χ1) is 6.36. The molecule has 0 bridgehead atoms. The Morgan fingerprint density at radius 3 is 2.29 bits per heavy atom. The van der Waals surface area contributed by atoms with Crippen LogP contribution in [0, 0.1) is 0 Å². The molecule has 1 nitrogen and oxygen atoms in total. The average molecular weight is 221 g/mol. The van der Waals surface area contributed by atoms with Gasteiger partial charge in [0.05, 0.1) is 5.69 Å². The summed E-state index contributed by atoms with van der Waals surface area (Å²) in [6, 6.07) is 1.45. The van der Waals surface area contributed by atoms with Crippen LogP contribution in [0.4, 0.5) is 18.9 Å². The number of aliphatic imine (C=N–C) groups is 1. The van der Waals surface area contributed by atoms with Crippen molar-refractivity contribution in [1.82, 2.24) is 0 Å². The van der Waals surface area contributed by atoms with Crippen LogP contribution in [0.25, 0.3) is 0 Å². The van der Waals surface area contributed by atoms with Crippen LogP contribution >= 0.6 is 11.3 Å². The summed E-state index contributed by atoms with van der Waals surface area (Å²) in [7, 11) is 0. The summed E-state index contributed by atoms with van der Waals surface area (Å²) in [6.07, 6.45) is -4.33. The Morgan fingerprint density at radius 2 is 2.00 bits per heavy atom. The molecule has 1 aromatic rings. The summed E-state index contributed by atoms with van der Waals surface area (Å²) in [5.74, 6) is 0.0802. The van der Waals surface area contributed by atoms with E-state index in [2.05, 4.69) is 11.7 Å². The molecule has 0 aliphatic carbocycles. The molecule has 0 aromatic carbocycles. The molecule has 1 heterocycles. The lowest BCUT2D eigenvalue weighted by molar-refractivity contribution is -0.133. The lowest BCUT2D eigenvalue weighted by Crippen LogP contribution is -2.01. The summed E-state index contributed by atoms with van der Waals surface area (Å²) in [6.45, 7) is 6.83. The Hall–Kier alpha value is -0.840. The normalized spacial score (nSPS) is 12.1. The van der Waals surface area contributed by atoms with Crippen molar-refractivity contribution in [2.75, 3.05) is 0 Å². The third kappa shape index (κ3) is 2.15. The lowest BCUT2D eigenvalue weighted by atomic mass is 10.2. The van der Waals surface area contributed by atoms with Gasteiger partial charge in [-0.05, 0) is 18.7 Å². The Morgan fingerprint density at radius 1 is 1.43 bits per heavy atom. The average Bonchev–Trinajstić information content (AvgIpc) is 2.46. The van der Waals surface area contributed by atoms with E-state index in [1.807, 2.05) is 13.8 Å². The Balaban J connectivity index is 3.22. The molecule has 0 unspecified atom stereocenters. The first-order valence-electron chi connectivity index (χ1n) is 4.04. The van der Waals surface area contributed by atoms with E-state index in [1.54, 1.807) is 0 Å². The standard InChI is InChI=1S/C9H10F3NS/c1-5(2)7-4-6(13-3)8(14-7)9(10,11)12/h4-5H,3H2,1-2H3. The summed E-state index contributed by atoms with van der Waals surface area (Å²) in [5.41, 5.74) is -0.0637. The van der Waals surface area contributed by atoms with Crippen LogP contribution in [-0.2, 0) is 6.18 Å². The van der Waals surface area contributed by atoms with Crippen LogP contribution in [0.15, 0.2) is 11.1 Å². The summed E-state index contributed by atoms with van der Waals surface area (Å²) >= 11 is 0.740. The molecule has 0 N–H and O–H groups in total. The zero-order valence-electron chi connectivity index (χ0n) is 7.85. The maximum absolute atomic E-state index is 12.4. The molecular weight excluding hydrogens is 211 g/mol. The van der Waals surface area contributed by atoms with Gasteiger partial charge in [0.1, 0.15) is 4.88 Å². The second kappa shape index (κ2) is 3.73. The van der Waals surface area contributed by atoms with Crippen LogP contribution in [0.5, 0.6) is 0 Å². The smallest absolute Gasteiger partial charge is 0.263 e. The molecule has 5 heteroatoms. The van der Waals surface area contributed by atoms with Gasteiger partial charge in [-0.15, -0.1) is 11.3 Å². The van der Waals surface area contributed by atoms with Crippen LogP contribution in [0.1, 0.15) is 29.5 Å². The van der Waals surface area contributed by atoms with Gasteiger partial charge < -0.3 is 0 Å². The van der Waals surface area contributed by atoms with Crippen molar-refractivity contribution in [3.8, 4) is 0 Å². The topological polar surface area (TPSA) is 12.4 Å². The third-order valence-electron chi connectivity index (χ3n) is 1.73. The minimum Gasteiger partial charge on any atom is -0.263 e. The second-order valence-corrected chi connectivity index (χ2v) is 4.26. The van der Waals surface area contributed by atoms with Crippen LogP contribution in [0.2, 0.25) is 0 Å². The predicted octanol–water partition coefficient (Wildman–Crippen LogP) is 4.22. The van der Waals surface area contributed by atoms with E-state index in [-0.39, 0.29) is 11.6 Å². The van der Waals surface area contributed by atoms with Gasteiger partial charge in [0.2, 0.25) is 0 Å². The van der Waals surface area contributed by atoms with E-state index in [0.29, 0.717) is 4.88 Å². The molecule has 1 rings (SSSR count). The van der Waals surface area contributed by atoms with Crippen molar-refractivity contribution in [3.63, 3.8) is 0 Å². The number of nitrogens with zero attached hydrogens (tertiary/aromatic N) is 1. The highest BCUT2D eigenvalue weighted by Crippen LogP contribution is 2.43. The second-order valence-electron chi connectivity index (χ2n) is 3.17. The maximum atomic E-state index is 12.4. The predicted molar refractivity (Wildman–Crippen MR) is 52.6 cm³/mol. The van der Waals surface area contributed by atoms with Crippen LogP contribution in [-0.4, -0.2) is 6.72 Å². The SMILES string of the molecule is C=Nc1cc(C(C)C)sc1C(F)(F)F. The van der Waals surface area contributed by atoms with Crippen molar-refractivity contribution in [2.24, 2.45) is 4.99 Å². The fourth-order valence-corrected chi connectivity index (χ4v) is 1.99. The van der Waals surface area contributed by atoms with Crippen LogP contribution < -0.4 is 0 Å². The highest BCUT2D eigenvalue weighted by atomic mass is 32.1. The van der Waals surface area contributed by atoms with Gasteiger partial charge in [0, 0.05) is 4.88 Å². The van der Waals surface area contributed by atoms with Crippen molar-refractivity contribution in [1.29, 1.82) is 0 Å². The summed E-state index contributed by atoms with van der Waals surface area (Å²) in [5, 5.41) is 0. The zero-order valence-corrected chi connectivity index (χ0v) is 8.67. The van der Waals surface area contributed by atoms with Gasteiger partial charge in [-0.1, -0.05) is 13.8 Å². The van der Waals surface area contributed by atoms with Crippen molar-refractivity contribution in [2.45, 2.75) is 25.9 Å². The van der Waals surface area contributed by atoms with Gasteiger partial charge in [0.15, 0.2) is 0 Å².